The van der Waals surface area contributed by atoms with Gasteiger partial charge in [-0.25, -0.2) is 13.4 Å². The molecule has 3 rings (SSSR count). The highest BCUT2D eigenvalue weighted by Gasteiger charge is 2.23. The molecule has 0 unspecified atom stereocenters. The van der Waals surface area contributed by atoms with E-state index in [1.54, 1.807) is 25.2 Å². The molecule has 0 bridgehead atoms. The van der Waals surface area contributed by atoms with Crippen LogP contribution in [-0.4, -0.2) is 29.3 Å². The van der Waals surface area contributed by atoms with Crippen molar-refractivity contribution in [3.8, 4) is 0 Å². The molecule has 0 spiro atoms. The molecule has 0 aliphatic rings. The number of halogens is 1. The van der Waals surface area contributed by atoms with Gasteiger partial charge in [0.2, 0.25) is 10.0 Å². The number of aryl methyl sites for hydroxylation is 2. The third kappa shape index (κ3) is 3.36. The monoisotopic (exact) mass is 421 g/mol. The molecule has 0 atom stereocenters. The summed E-state index contributed by atoms with van der Waals surface area (Å²) in [7, 11) is -1.99. The lowest BCUT2D eigenvalue weighted by Gasteiger charge is -2.18. The minimum absolute atomic E-state index is 0.222. The van der Waals surface area contributed by atoms with Gasteiger partial charge in [-0.3, -0.25) is 0 Å². The van der Waals surface area contributed by atoms with E-state index in [0.717, 1.165) is 33.4 Å². The first kappa shape index (κ1) is 18.1. The molecule has 0 fully saturated rings. The number of hydrogen-bond acceptors (Lipinski definition) is 3. The van der Waals surface area contributed by atoms with E-state index in [4.69, 9.17) is 0 Å². The van der Waals surface area contributed by atoms with Crippen LogP contribution in [0.25, 0.3) is 11.0 Å². The van der Waals surface area contributed by atoms with Crippen LogP contribution in [0.5, 0.6) is 0 Å². The van der Waals surface area contributed by atoms with Crippen molar-refractivity contribution in [3.05, 3.63) is 58.3 Å². The standard InChI is InChI=1S/C18H20BrN3O2S/c1-4-22-17-8-6-5-7-16(17)20-18(22)12-21(3)25(23,24)14-9-10-15(19)13(2)11-14/h5-11H,4,12H2,1-3H3. The van der Waals surface area contributed by atoms with Crippen molar-refractivity contribution < 1.29 is 8.42 Å². The first-order valence-electron chi connectivity index (χ1n) is 8.01. The maximum absolute atomic E-state index is 12.9. The molecule has 0 saturated heterocycles. The summed E-state index contributed by atoms with van der Waals surface area (Å²) >= 11 is 3.40. The molecule has 0 radical (unpaired) electrons. The van der Waals surface area contributed by atoms with Gasteiger partial charge in [-0.1, -0.05) is 28.1 Å². The molecule has 132 valence electrons. The zero-order valence-corrected chi connectivity index (χ0v) is 16.8. The Balaban J connectivity index is 1.96. The van der Waals surface area contributed by atoms with Crippen molar-refractivity contribution >= 4 is 37.0 Å². The number of imidazole rings is 1. The molecule has 0 N–H and O–H groups in total. The highest BCUT2D eigenvalue weighted by atomic mass is 79.9. The van der Waals surface area contributed by atoms with E-state index in [1.165, 1.54) is 4.31 Å². The number of nitrogens with zero attached hydrogens (tertiary/aromatic N) is 3. The summed E-state index contributed by atoms with van der Waals surface area (Å²) in [6, 6.07) is 12.9. The summed E-state index contributed by atoms with van der Waals surface area (Å²) < 4.78 is 30.1. The minimum atomic E-state index is -3.58. The summed E-state index contributed by atoms with van der Waals surface area (Å²) in [5.41, 5.74) is 2.78. The maximum Gasteiger partial charge on any atom is 0.243 e. The molecule has 0 aliphatic heterocycles. The van der Waals surface area contributed by atoms with Crippen molar-refractivity contribution in [2.75, 3.05) is 7.05 Å². The molecule has 25 heavy (non-hydrogen) atoms. The van der Waals surface area contributed by atoms with Gasteiger partial charge in [0.15, 0.2) is 0 Å². The smallest absolute Gasteiger partial charge is 0.243 e. The van der Waals surface area contributed by atoms with Crippen molar-refractivity contribution in [3.63, 3.8) is 0 Å². The average Bonchev–Trinajstić information content (AvgIpc) is 2.94. The first-order valence-corrected chi connectivity index (χ1v) is 10.2. The number of aromatic nitrogens is 2. The quantitative estimate of drug-likeness (QED) is 0.626. The highest BCUT2D eigenvalue weighted by Crippen LogP contribution is 2.24. The zero-order valence-electron chi connectivity index (χ0n) is 14.4. The number of benzene rings is 2. The Kier molecular flexibility index (Phi) is 4.99. The normalized spacial score (nSPS) is 12.2. The van der Waals surface area contributed by atoms with Crippen LogP contribution in [0.2, 0.25) is 0 Å². The van der Waals surface area contributed by atoms with Crippen molar-refractivity contribution in [1.29, 1.82) is 0 Å². The van der Waals surface area contributed by atoms with Crippen LogP contribution < -0.4 is 0 Å². The van der Waals surface area contributed by atoms with E-state index >= 15 is 0 Å². The van der Waals surface area contributed by atoms with Gasteiger partial charge in [0.25, 0.3) is 0 Å². The Bertz CT molecular complexity index is 1030. The number of rotatable bonds is 5. The van der Waals surface area contributed by atoms with E-state index in [2.05, 4.69) is 20.9 Å². The fraction of sp³-hybridized carbons (Fsp3) is 0.278. The van der Waals surface area contributed by atoms with Crippen LogP contribution in [0.1, 0.15) is 18.3 Å². The number of fused-ring (bicyclic) bond motifs is 1. The largest absolute Gasteiger partial charge is 0.327 e. The summed E-state index contributed by atoms with van der Waals surface area (Å²) in [4.78, 5) is 4.90. The van der Waals surface area contributed by atoms with Gasteiger partial charge >= 0.3 is 0 Å². The second-order valence-electron chi connectivity index (χ2n) is 5.93. The molecule has 0 amide bonds. The van der Waals surface area contributed by atoms with Gasteiger partial charge in [0.05, 0.1) is 22.5 Å². The Morgan fingerprint density at radius 3 is 2.60 bits per heavy atom. The molecular formula is C18H20BrN3O2S. The van der Waals surface area contributed by atoms with E-state index in [0.29, 0.717) is 0 Å². The SMILES string of the molecule is CCn1c(CN(C)S(=O)(=O)c2ccc(Br)c(C)c2)nc2ccccc21. The van der Waals surface area contributed by atoms with Crippen LogP contribution in [0.3, 0.4) is 0 Å². The first-order chi connectivity index (χ1) is 11.8. The summed E-state index contributed by atoms with van der Waals surface area (Å²) in [5, 5.41) is 0. The molecule has 0 saturated carbocycles. The number of hydrogen-bond donors (Lipinski definition) is 0. The highest BCUT2D eigenvalue weighted by molar-refractivity contribution is 9.10. The summed E-state index contributed by atoms with van der Waals surface area (Å²) in [6.45, 7) is 4.87. The molecule has 7 heteroatoms. The summed E-state index contributed by atoms with van der Waals surface area (Å²) in [5.74, 6) is 0.739. The number of sulfonamides is 1. The lowest BCUT2D eigenvalue weighted by atomic mass is 10.2. The molecule has 0 aliphatic carbocycles. The van der Waals surface area contributed by atoms with E-state index < -0.39 is 10.0 Å². The molecule has 1 aromatic heterocycles. The second-order valence-corrected chi connectivity index (χ2v) is 8.83. The van der Waals surface area contributed by atoms with Crippen LogP contribution >= 0.6 is 15.9 Å². The Morgan fingerprint density at radius 2 is 1.92 bits per heavy atom. The van der Waals surface area contributed by atoms with Gasteiger partial charge in [-0.15, -0.1) is 0 Å². The second kappa shape index (κ2) is 6.90. The Morgan fingerprint density at radius 1 is 1.20 bits per heavy atom. The van der Waals surface area contributed by atoms with E-state index in [-0.39, 0.29) is 11.4 Å². The van der Waals surface area contributed by atoms with Gasteiger partial charge in [-0.2, -0.15) is 4.31 Å². The maximum atomic E-state index is 12.9. The summed E-state index contributed by atoms with van der Waals surface area (Å²) in [6.07, 6.45) is 0. The molecule has 1 heterocycles. The van der Waals surface area contributed by atoms with Gasteiger partial charge in [0.1, 0.15) is 5.82 Å². The predicted molar refractivity (Wildman–Crippen MR) is 103 cm³/mol. The lowest BCUT2D eigenvalue weighted by molar-refractivity contribution is 0.449. The van der Waals surface area contributed by atoms with Crippen LogP contribution in [0.4, 0.5) is 0 Å². The molecule has 3 aromatic rings. The van der Waals surface area contributed by atoms with E-state index in [1.807, 2.05) is 42.7 Å². The van der Waals surface area contributed by atoms with Crippen LogP contribution in [0, 0.1) is 6.92 Å². The topological polar surface area (TPSA) is 55.2 Å². The molecule has 5 nitrogen and oxygen atoms in total. The zero-order chi connectivity index (χ0) is 18.2. The van der Waals surface area contributed by atoms with Gasteiger partial charge < -0.3 is 4.57 Å². The van der Waals surface area contributed by atoms with Crippen molar-refractivity contribution in [1.82, 2.24) is 13.9 Å². The average molecular weight is 422 g/mol. The molecule has 2 aromatic carbocycles. The van der Waals surface area contributed by atoms with E-state index in [9.17, 15) is 8.42 Å². The fourth-order valence-corrected chi connectivity index (χ4v) is 4.30. The van der Waals surface area contributed by atoms with Crippen LogP contribution in [-0.2, 0) is 23.1 Å². The minimum Gasteiger partial charge on any atom is -0.327 e. The van der Waals surface area contributed by atoms with Gasteiger partial charge in [-0.05, 0) is 49.7 Å². The lowest BCUT2D eigenvalue weighted by Crippen LogP contribution is -2.28. The van der Waals surface area contributed by atoms with Crippen LogP contribution in [0.15, 0.2) is 51.8 Å². The van der Waals surface area contributed by atoms with Gasteiger partial charge in [0, 0.05) is 18.1 Å². The Labute approximate surface area is 156 Å². The molecular weight excluding hydrogens is 402 g/mol. The Hall–Kier alpha value is -1.70. The van der Waals surface area contributed by atoms with Crippen molar-refractivity contribution in [2.24, 2.45) is 0 Å². The fourth-order valence-electron chi connectivity index (χ4n) is 2.84. The van der Waals surface area contributed by atoms with Crippen molar-refractivity contribution in [2.45, 2.75) is 31.8 Å². The predicted octanol–water partition coefficient (Wildman–Crippen LogP) is 3.95. The third-order valence-electron chi connectivity index (χ3n) is 4.25. The third-order valence-corrected chi connectivity index (χ3v) is 6.94. The number of para-hydroxylation sites is 2.